The molecule has 0 atom stereocenters. The number of nitrogens with zero attached hydrogens (tertiary/aromatic N) is 3. The van der Waals surface area contributed by atoms with E-state index in [-0.39, 0.29) is 24.4 Å². The van der Waals surface area contributed by atoms with Crippen LogP contribution in [-0.4, -0.2) is 20.4 Å². The summed E-state index contributed by atoms with van der Waals surface area (Å²) in [4.78, 5) is 33.2. The van der Waals surface area contributed by atoms with Crippen LogP contribution in [0.5, 0.6) is 0 Å². The van der Waals surface area contributed by atoms with Gasteiger partial charge in [0.15, 0.2) is 5.76 Å². The fraction of sp³-hybridized carbons (Fsp3) is 0.143. The Morgan fingerprint density at radius 3 is 2.86 bits per heavy atom. The lowest BCUT2D eigenvalue weighted by Crippen LogP contribution is -2.27. The Kier molecular flexibility index (Phi) is 4.97. The Balaban J connectivity index is 1.36. The quantitative estimate of drug-likeness (QED) is 0.560. The van der Waals surface area contributed by atoms with Crippen LogP contribution in [0.3, 0.4) is 0 Å². The molecule has 0 aliphatic rings. The van der Waals surface area contributed by atoms with Gasteiger partial charge in [-0.2, -0.15) is 0 Å². The molecule has 140 valence electrons. The number of carbonyl (C=O) groups is 1. The zero-order valence-electron chi connectivity index (χ0n) is 15.0. The van der Waals surface area contributed by atoms with Crippen molar-refractivity contribution in [3.8, 4) is 11.5 Å². The van der Waals surface area contributed by atoms with Gasteiger partial charge in [0.25, 0.3) is 5.56 Å². The van der Waals surface area contributed by atoms with Gasteiger partial charge in [0, 0.05) is 25.7 Å². The number of carbonyl (C=O) groups excluding carboxylic acids is 1. The Hall–Kier alpha value is -3.74. The molecule has 1 N–H and O–H groups in total. The summed E-state index contributed by atoms with van der Waals surface area (Å²) in [6.45, 7) is 0.649. The van der Waals surface area contributed by atoms with Crippen molar-refractivity contribution < 1.29 is 9.21 Å². The van der Waals surface area contributed by atoms with E-state index in [1.165, 1.54) is 10.9 Å². The van der Waals surface area contributed by atoms with E-state index < -0.39 is 0 Å². The normalized spacial score (nSPS) is 10.9. The van der Waals surface area contributed by atoms with E-state index in [4.69, 9.17) is 4.42 Å². The SMILES string of the molecule is O=C(CCn1cnc2ccccc2c1=O)NCc1ccnc(-c2ccco2)c1. The average molecular weight is 374 g/mol. The minimum atomic E-state index is -0.143. The van der Waals surface area contributed by atoms with Crippen LogP contribution in [0, 0.1) is 0 Å². The van der Waals surface area contributed by atoms with Gasteiger partial charge in [0.1, 0.15) is 5.69 Å². The number of furan rings is 1. The lowest BCUT2D eigenvalue weighted by atomic mass is 10.2. The van der Waals surface area contributed by atoms with Gasteiger partial charge < -0.3 is 9.73 Å². The van der Waals surface area contributed by atoms with Crippen LogP contribution >= 0.6 is 0 Å². The van der Waals surface area contributed by atoms with Crippen LogP contribution < -0.4 is 10.9 Å². The van der Waals surface area contributed by atoms with Crippen molar-refractivity contribution in [3.05, 3.63) is 83.2 Å². The highest BCUT2D eigenvalue weighted by Crippen LogP contribution is 2.17. The van der Waals surface area contributed by atoms with Gasteiger partial charge in [0.05, 0.1) is 23.5 Å². The Morgan fingerprint density at radius 2 is 2.00 bits per heavy atom. The highest BCUT2D eigenvalue weighted by molar-refractivity contribution is 5.77. The molecule has 4 rings (SSSR count). The van der Waals surface area contributed by atoms with E-state index in [2.05, 4.69) is 15.3 Å². The molecular weight excluding hydrogens is 356 g/mol. The second kappa shape index (κ2) is 7.87. The summed E-state index contributed by atoms with van der Waals surface area (Å²) in [7, 11) is 0. The van der Waals surface area contributed by atoms with Crippen LogP contribution in [0.4, 0.5) is 0 Å². The zero-order chi connectivity index (χ0) is 19.3. The van der Waals surface area contributed by atoms with E-state index in [0.717, 1.165) is 5.56 Å². The largest absolute Gasteiger partial charge is 0.463 e. The molecule has 3 heterocycles. The van der Waals surface area contributed by atoms with Gasteiger partial charge in [-0.15, -0.1) is 0 Å². The maximum Gasteiger partial charge on any atom is 0.261 e. The van der Waals surface area contributed by atoms with E-state index in [1.807, 2.05) is 24.3 Å². The number of pyridine rings is 1. The molecule has 0 radical (unpaired) electrons. The van der Waals surface area contributed by atoms with Gasteiger partial charge in [-0.3, -0.25) is 19.1 Å². The first-order valence-corrected chi connectivity index (χ1v) is 8.90. The minimum absolute atomic E-state index is 0.142. The van der Waals surface area contributed by atoms with Gasteiger partial charge in [-0.1, -0.05) is 12.1 Å². The number of hydrogen-bond donors (Lipinski definition) is 1. The summed E-state index contributed by atoms with van der Waals surface area (Å²) in [6.07, 6.45) is 4.95. The number of para-hydroxylation sites is 1. The molecule has 0 aliphatic carbocycles. The summed E-state index contributed by atoms with van der Waals surface area (Å²) in [6, 6.07) is 14.5. The fourth-order valence-corrected chi connectivity index (χ4v) is 2.92. The van der Waals surface area contributed by atoms with Crippen LogP contribution in [0.1, 0.15) is 12.0 Å². The van der Waals surface area contributed by atoms with Crippen LogP contribution in [0.15, 0.2) is 76.5 Å². The highest BCUT2D eigenvalue weighted by atomic mass is 16.3. The molecule has 1 aromatic carbocycles. The first kappa shape index (κ1) is 17.7. The van der Waals surface area contributed by atoms with E-state index in [0.29, 0.717) is 28.9 Å². The molecule has 0 spiro atoms. The van der Waals surface area contributed by atoms with Crippen molar-refractivity contribution in [3.63, 3.8) is 0 Å². The first-order chi connectivity index (χ1) is 13.7. The molecule has 0 aliphatic heterocycles. The lowest BCUT2D eigenvalue weighted by molar-refractivity contribution is -0.121. The molecule has 0 bridgehead atoms. The number of benzene rings is 1. The van der Waals surface area contributed by atoms with Gasteiger partial charge in [0.2, 0.25) is 5.91 Å². The first-order valence-electron chi connectivity index (χ1n) is 8.90. The lowest BCUT2D eigenvalue weighted by Gasteiger charge is -2.08. The predicted octanol–water partition coefficient (Wildman–Crippen LogP) is 2.76. The van der Waals surface area contributed by atoms with Crippen molar-refractivity contribution in [2.75, 3.05) is 0 Å². The topological polar surface area (TPSA) is 90.0 Å². The number of aromatic nitrogens is 3. The number of nitrogens with one attached hydrogen (secondary N) is 1. The molecule has 3 aromatic heterocycles. The third kappa shape index (κ3) is 3.83. The minimum Gasteiger partial charge on any atom is -0.463 e. The Bertz CT molecular complexity index is 1170. The number of amides is 1. The molecule has 0 saturated carbocycles. The molecule has 4 aromatic rings. The molecule has 0 saturated heterocycles. The van der Waals surface area contributed by atoms with Gasteiger partial charge in [-0.05, 0) is 42.0 Å². The fourth-order valence-electron chi connectivity index (χ4n) is 2.92. The third-order valence-corrected chi connectivity index (χ3v) is 4.40. The van der Waals surface area contributed by atoms with E-state index >= 15 is 0 Å². The standard InChI is InChI=1S/C21H18N4O3/c26-20(8-10-25-14-24-17-5-2-1-4-16(17)21(25)27)23-13-15-7-9-22-18(12-15)19-6-3-11-28-19/h1-7,9,11-12,14H,8,10,13H2,(H,23,26). The number of rotatable bonds is 6. The van der Waals surface area contributed by atoms with Crippen molar-refractivity contribution in [2.24, 2.45) is 0 Å². The average Bonchev–Trinajstić information content (AvgIpc) is 3.27. The van der Waals surface area contributed by atoms with Gasteiger partial charge >= 0.3 is 0 Å². The molecule has 7 nitrogen and oxygen atoms in total. The smallest absolute Gasteiger partial charge is 0.261 e. The summed E-state index contributed by atoms with van der Waals surface area (Å²) in [5, 5.41) is 3.41. The molecule has 0 fully saturated rings. The molecule has 7 heteroatoms. The van der Waals surface area contributed by atoms with Crippen molar-refractivity contribution in [1.82, 2.24) is 19.9 Å². The molecule has 1 amide bonds. The van der Waals surface area contributed by atoms with Crippen molar-refractivity contribution >= 4 is 16.8 Å². The molecular formula is C21H18N4O3. The van der Waals surface area contributed by atoms with Crippen LogP contribution in [0.2, 0.25) is 0 Å². The van der Waals surface area contributed by atoms with E-state index in [1.54, 1.807) is 36.7 Å². The Labute approximate surface area is 160 Å². The second-order valence-corrected chi connectivity index (χ2v) is 6.31. The zero-order valence-corrected chi connectivity index (χ0v) is 15.0. The third-order valence-electron chi connectivity index (χ3n) is 4.40. The molecule has 0 unspecified atom stereocenters. The predicted molar refractivity (Wildman–Crippen MR) is 104 cm³/mol. The number of fused-ring (bicyclic) bond motifs is 1. The highest BCUT2D eigenvalue weighted by Gasteiger charge is 2.08. The van der Waals surface area contributed by atoms with E-state index in [9.17, 15) is 9.59 Å². The summed E-state index contributed by atoms with van der Waals surface area (Å²) in [5.41, 5.74) is 2.14. The van der Waals surface area contributed by atoms with Crippen molar-refractivity contribution in [2.45, 2.75) is 19.5 Å². The number of hydrogen-bond acceptors (Lipinski definition) is 5. The maximum atomic E-state index is 12.4. The Morgan fingerprint density at radius 1 is 1.11 bits per heavy atom. The van der Waals surface area contributed by atoms with Crippen LogP contribution in [-0.2, 0) is 17.9 Å². The summed E-state index contributed by atoms with van der Waals surface area (Å²) < 4.78 is 6.80. The maximum absolute atomic E-state index is 12.4. The molecule has 28 heavy (non-hydrogen) atoms. The second-order valence-electron chi connectivity index (χ2n) is 6.31. The monoisotopic (exact) mass is 374 g/mol. The summed E-state index contributed by atoms with van der Waals surface area (Å²) >= 11 is 0. The van der Waals surface area contributed by atoms with Crippen LogP contribution in [0.25, 0.3) is 22.4 Å². The number of aryl methyl sites for hydroxylation is 1. The summed E-state index contributed by atoms with van der Waals surface area (Å²) in [5.74, 6) is 0.535. The van der Waals surface area contributed by atoms with Crippen molar-refractivity contribution in [1.29, 1.82) is 0 Å². The van der Waals surface area contributed by atoms with Gasteiger partial charge in [-0.25, -0.2) is 4.98 Å².